The third kappa shape index (κ3) is 5.21. The van der Waals surface area contributed by atoms with Gasteiger partial charge in [0.05, 0.1) is 24.3 Å². The highest BCUT2D eigenvalue weighted by Crippen LogP contribution is 2.10. The summed E-state index contributed by atoms with van der Waals surface area (Å²) in [5.74, 6) is -1.28. The van der Waals surface area contributed by atoms with E-state index in [4.69, 9.17) is 9.84 Å². The highest BCUT2D eigenvalue weighted by atomic mass is 16.5. The van der Waals surface area contributed by atoms with Gasteiger partial charge >= 0.3 is 5.97 Å². The lowest BCUT2D eigenvalue weighted by molar-refractivity contribution is 0.0616. The molecule has 126 valence electrons. The summed E-state index contributed by atoms with van der Waals surface area (Å²) >= 11 is 0. The average Bonchev–Trinajstić information content (AvgIpc) is 2.55. The summed E-state index contributed by atoms with van der Waals surface area (Å²) < 4.78 is 5.68. The molecule has 0 heterocycles. The van der Waals surface area contributed by atoms with Crippen molar-refractivity contribution in [2.75, 3.05) is 6.61 Å². The average molecular weight is 327 g/mol. The SMILES string of the molecule is CC(C)(COCc1ccccc1)NC(=O)c1ccc(C(=O)O)cc1. The molecule has 0 aliphatic carbocycles. The topological polar surface area (TPSA) is 75.6 Å². The second kappa shape index (κ2) is 7.75. The molecule has 0 atom stereocenters. The summed E-state index contributed by atoms with van der Waals surface area (Å²) in [6, 6.07) is 15.6. The Morgan fingerprint density at radius 2 is 1.58 bits per heavy atom. The number of rotatable bonds is 7. The Bertz CT molecular complexity index is 693. The van der Waals surface area contributed by atoms with Gasteiger partial charge in [-0.1, -0.05) is 30.3 Å². The fourth-order valence-corrected chi connectivity index (χ4v) is 2.18. The molecular formula is C19H21NO4. The number of amides is 1. The van der Waals surface area contributed by atoms with Gasteiger partial charge in [-0.25, -0.2) is 4.79 Å². The Kier molecular flexibility index (Phi) is 5.71. The van der Waals surface area contributed by atoms with E-state index in [0.717, 1.165) is 5.56 Å². The van der Waals surface area contributed by atoms with Gasteiger partial charge in [0.2, 0.25) is 0 Å². The van der Waals surface area contributed by atoms with E-state index < -0.39 is 11.5 Å². The van der Waals surface area contributed by atoms with Crippen molar-refractivity contribution in [3.8, 4) is 0 Å². The van der Waals surface area contributed by atoms with Crippen molar-refractivity contribution in [3.63, 3.8) is 0 Å². The van der Waals surface area contributed by atoms with E-state index in [1.165, 1.54) is 24.3 Å². The number of carboxylic acid groups (broad SMARTS) is 1. The standard InChI is InChI=1S/C19H21NO4/c1-19(2,13-24-12-14-6-4-3-5-7-14)20-17(21)15-8-10-16(11-9-15)18(22)23/h3-11H,12-13H2,1-2H3,(H,20,21)(H,22,23). The van der Waals surface area contributed by atoms with Gasteiger partial charge in [0.15, 0.2) is 0 Å². The Hall–Kier alpha value is -2.66. The normalized spacial score (nSPS) is 11.1. The van der Waals surface area contributed by atoms with Crippen molar-refractivity contribution in [1.29, 1.82) is 0 Å². The van der Waals surface area contributed by atoms with Crippen LogP contribution >= 0.6 is 0 Å². The van der Waals surface area contributed by atoms with Crippen molar-refractivity contribution < 1.29 is 19.4 Å². The number of nitrogens with one attached hydrogen (secondary N) is 1. The lowest BCUT2D eigenvalue weighted by Gasteiger charge is -2.26. The molecule has 0 saturated heterocycles. The van der Waals surface area contributed by atoms with Gasteiger partial charge in [0, 0.05) is 5.56 Å². The van der Waals surface area contributed by atoms with Crippen molar-refractivity contribution in [1.82, 2.24) is 5.32 Å². The monoisotopic (exact) mass is 327 g/mol. The van der Waals surface area contributed by atoms with Crippen LogP contribution in [0.15, 0.2) is 54.6 Å². The van der Waals surface area contributed by atoms with Gasteiger partial charge in [-0.15, -0.1) is 0 Å². The zero-order chi connectivity index (χ0) is 17.6. The molecule has 0 unspecified atom stereocenters. The number of ether oxygens (including phenoxy) is 1. The molecule has 0 aliphatic rings. The molecule has 24 heavy (non-hydrogen) atoms. The zero-order valence-electron chi connectivity index (χ0n) is 13.8. The van der Waals surface area contributed by atoms with Crippen LogP contribution in [-0.2, 0) is 11.3 Å². The molecule has 1 amide bonds. The van der Waals surface area contributed by atoms with Crippen molar-refractivity contribution in [3.05, 3.63) is 71.3 Å². The van der Waals surface area contributed by atoms with Gasteiger partial charge in [-0.3, -0.25) is 4.79 Å². The van der Waals surface area contributed by atoms with E-state index in [1.54, 1.807) is 0 Å². The number of benzene rings is 2. The first kappa shape index (κ1) is 17.7. The molecule has 0 radical (unpaired) electrons. The van der Waals surface area contributed by atoms with E-state index in [1.807, 2.05) is 44.2 Å². The van der Waals surface area contributed by atoms with Crippen LogP contribution in [-0.4, -0.2) is 29.1 Å². The fraction of sp³-hybridized carbons (Fsp3) is 0.263. The minimum absolute atomic E-state index is 0.150. The summed E-state index contributed by atoms with van der Waals surface area (Å²) in [5, 5.41) is 11.8. The van der Waals surface area contributed by atoms with Crippen LogP contribution in [0.5, 0.6) is 0 Å². The van der Waals surface area contributed by atoms with Crippen molar-refractivity contribution in [2.45, 2.75) is 26.0 Å². The quantitative estimate of drug-likeness (QED) is 0.819. The number of carbonyl (C=O) groups excluding carboxylic acids is 1. The highest BCUT2D eigenvalue weighted by molar-refractivity contribution is 5.96. The third-order valence-corrected chi connectivity index (χ3v) is 3.42. The lowest BCUT2D eigenvalue weighted by Crippen LogP contribution is -2.47. The van der Waals surface area contributed by atoms with Gasteiger partial charge in [-0.2, -0.15) is 0 Å². The summed E-state index contributed by atoms with van der Waals surface area (Å²) in [6.07, 6.45) is 0. The number of hydrogen-bond donors (Lipinski definition) is 2. The van der Waals surface area contributed by atoms with Crippen LogP contribution in [0.3, 0.4) is 0 Å². The Balaban J connectivity index is 1.88. The van der Waals surface area contributed by atoms with Crippen molar-refractivity contribution in [2.24, 2.45) is 0 Å². The second-order valence-electron chi connectivity index (χ2n) is 6.20. The summed E-state index contributed by atoms with van der Waals surface area (Å²) in [7, 11) is 0. The first-order chi connectivity index (χ1) is 11.4. The van der Waals surface area contributed by atoms with Gasteiger partial charge in [0.25, 0.3) is 5.91 Å². The number of hydrogen-bond acceptors (Lipinski definition) is 3. The van der Waals surface area contributed by atoms with E-state index in [9.17, 15) is 9.59 Å². The number of carbonyl (C=O) groups is 2. The maximum absolute atomic E-state index is 12.3. The van der Waals surface area contributed by atoms with Crippen LogP contribution in [0.1, 0.15) is 40.1 Å². The molecule has 0 bridgehead atoms. The van der Waals surface area contributed by atoms with E-state index in [2.05, 4.69) is 5.32 Å². The van der Waals surface area contributed by atoms with E-state index in [-0.39, 0.29) is 11.5 Å². The summed E-state index contributed by atoms with van der Waals surface area (Å²) in [6.45, 7) is 4.59. The second-order valence-corrected chi connectivity index (χ2v) is 6.20. The van der Waals surface area contributed by atoms with Crippen LogP contribution < -0.4 is 5.32 Å². The maximum Gasteiger partial charge on any atom is 0.335 e. The van der Waals surface area contributed by atoms with E-state index in [0.29, 0.717) is 18.8 Å². The molecular weight excluding hydrogens is 306 g/mol. The molecule has 2 aromatic rings. The molecule has 2 aromatic carbocycles. The molecule has 5 nitrogen and oxygen atoms in total. The smallest absolute Gasteiger partial charge is 0.335 e. The number of aromatic carboxylic acids is 1. The van der Waals surface area contributed by atoms with E-state index >= 15 is 0 Å². The Morgan fingerprint density at radius 1 is 1.00 bits per heavy atom. The molecule has 2 rings (SSSR count). The van der Waals surface area contributed by atoms with Crippen LogP contribution in [0.4, 0.5) is 0 Å². The van der Waals surface area contributed by atoms with Crippen molar-refractivity contribution >= 4 is 11.9 Å². The first-order valence-corrected chi connectivity index (χ1v) is 7.65. The largest absolute Gasteiger partial charge is 0.478 e. The van der Waals surface area contributed by atoms with Gasteiger partial charge < -0.3 is 15.2 Å². The minimum atomic E-state index is -1.02. The van der Waals surface area contributed by atoms with Gasteiger partial charge in [-0.05, 0) is 43.7 Å². The highest BCUT2D eigenvalue weighted by Gasteiger charge is 2.21. The predicted molar refractivity (Wildman–Crippen MR) is 91.0 cm³/mol. The lowest BCUT2D eigenvalue weighted by atomic mass is 10.1. The van der Waals surface area contributed by atoms with Crippen LogP contribution in [0.25, 0.3) is 0 Å². The Labute approximate surface area is 141 Å². The van der Waals surface area contributed by atoms with Crippen LogP contribution in [0.2, 0.25) is 0 Å². The van der Waals surface area contributed by atoms with Crippen LogP contribution in [0, 0.1) is 0 Å². The molecule has 0 spiro atoms. The summed E-state index contributed by atoms with van der Waals surface area (Å²) in [5.41, 5.74) is 1.09. The predicted octanol–water partition coefficient (Wildman–Crippen LogP) is 3.11. The zero-order valence-corrected chi connectivity index (χ0v) is 13.8. The van der Waals surface area contributed by atoms with Gasteiger partial charge in [0.1, 0.15) is 0 Å². The maximum atomic E-state index is 12.3. The minimum Gasteiger partial charge on any atom is -0.478 e. The molecule has 5 heteroatoms. The third-order valence-electron chi connectivity index (χ3n) is 3.42. The summed E-state index contributed by atoms with van der Waals surface area (Å²) in [4.78, 5) is 23.1. The first-order valence-electron chi connectivity index (χ1n) is 7.65. The molecule has 2 N–H and O–H groups in total. The Morgan fingerprint density at radius 3 is 2.17 bits per heavy atom. The molecule has 0 saturated carbocycles. The molecule has 0 fully saturated rings. The number of carboxylic acids is 1. The molecule has 0 aromatic heterocycles. The molecule has 0 aliphatic heterocycles. The fourth-order valence-electron chi connectivity index (χ4n) is 2.18.